The van der Waals surface area contributed by atoms with E-state index < -0.39 is 0 Å². The minimum Gasteiger partial charge on any atom is -0.377 e. The van der Waals surface area contributed by atoms with E-state index in [2.05, 4.69) is 16.2 Å². The largest absolute Gasteiger partial charge is 0.377 e. The smallest absolute Gasteiger partial charge is 0.250 e. The zero-order valence-electron chi connectivity index (χ0n) is 15.2. The lowest BCUT2D eigenvalue weighted by Crippen LogP contribution is -2.44. The van der Waals surface area contributed by atoms with E-state index >= 15 is 0 Å². The summed E-state index contributed by atoms with van der Waals surface area (Å²) in [5, 5.41) is 4.26. The fourth-order valence-electron chi connectivity index (χ4n) is 4.01. The van der Waals surface area contributed by atoms with Crippen molar-refractivity contribution in [2.75, 3.05) is 26.3 Å². The Hall–Kier alpha value is -1.96. The molecule has 0 aliphatic carbocycles. The molecule has 4 rings (SSSR count). The summed E-state index contributed by atoms with van der Waals surface area (Å²) in [5.41, 5.74) is 0.948. The first kappa shape index (κ1) is 17.5. The normalized spacial score (nSPS) is 27.0. The second kappa shape index (κ2) is 7.34. The van der Waals surface area contributed by atoms with Crippen molar-refractivity contribution in [1.82, 2.24) is 19.2 Å². The van der Waals surface area contributed by atoms with E-state index in [1.54, 1.807) is 16.7 Å². The number of ether oxygens (including phenoxy) is 2. The predicted octanol–water partition coefficient (Wildman–Crippen LogP) is 1.03. The van der Waals surface area contributed by atoms with Crippen molar-refractivity contribution < 1.29 is 9.47 Å². The van der Waals surface area contributed by atoms with Gasteiger partial charge >= 0.3 is 0 Å². The molecule has 0 N–H and O–H groups in total. The highest BCUT2D eigenvalue weighted by Gasteiger charge is 2.43. The van der Waals surface area contributed by atoms with Crippen molar-refractivity contribution >= 4 is 0 Å². The number of hydrogen-bond donors (Lipinski definition) is 0. The van der Waals surface area contributed by atoms with Gasteiger partial charge in [-0.1, -0.05) is 6.07 Å². The van der Waals surface area contributed by atoms with Gasteiger partial charge in [0.05, 0.1) is 32.1 Å². The second-order valence-corrected chi connectivity index (χ2v) is 7.44. The Morgan fingerprint density at radius 2 is 2.31 bits per heavy atom. The fourth-order valence-corrected chi connectivity index (χ4v) is 4.01. The quantitative estimate of drug-likeness (QED) is 0.817. The molecule has 0 aromatic carbocycles. The number of hydrogen-bond acceptors (Lipinski definition) is 5. The van der Waals surface area contributed by atoms with Gasteiger partial charge in [0.1, 0.15) is 5.60 Å². The Balaban J connectivity index is 1.42. The first-order chi connectivity index (χ1) is 12.6. The van der Waals surface area contributed by atoms with Gasteiger partial charge in [-0.25, -0.2) is 0 Å². The molecule has 7 heteroatoms. The number of rotatable bonds is 4. The minimum atomic E-state index is -0.276. The summed E-state index contributed by atoms with van der Waals surface area (Å²) in [7, 11) is 1.94. The maximum atomic E-state index is 12.0. The lowest BCUT2D eigenvalue weighted by molar-refractivity contribution is -0.0900. The molecule has 2 aromatic heterocycles. The lowest BCUT2D eigenvalue weighted by Gasteiger charge is -2.32. The molecule has 2 aliphatic rings. The van der Waals surface area contributed by atoms with Crippen LogP contribution in [0.4, 0.5) is 0 Å². The third kappa shape index (κ3) is 3.90. The van der Waals surface area contributed by atoms with Gasteiger partial charge in [0.15, 0.2) is 0 Å². The Morgan fingerprint density at radius 3 is 3.12 bits per heavy atom. The molecule has 2 aromatic rings. The zero-order valence-corrected chi connectivity index (χ0v) is 15.2. The summed E-state index contributed by atoms with van der Waals surface area (Å²) in [6, 6.07) is 5.25. The number of pyridine rings is 1. The number of aromatic nitrogens is 3. The van der Waals surface area contributed by atoms with Gasteiger partial charge in [0.25, 0.3) is 5.56 Å². The van der Waals surface area contributed by atoms with Crippen molar-refractivity contribution in [1.29, 1.82) is 0 Å². The molecule has 2 fully saturated rings. The molecule has 2 aliphatic heterocycles. The van der Waals surface area contributed by atoms with Crippen LogP contribution in [0.2, 0.25) is 0 Å². The fraction of sp³-hybridized carbons (Fsp3) is 0.579. The highest BCUT2D eigenvalue weighted by molar-refractivity contribution is 5.04. The minimum absolute atomic E-state index is 0.0207. The van der Waals surface area contributed by atoms with Crippen LogP contribution in [0.3, 0.4) is 0 Å². The molecule has 2 atom stereocenters. The second-order valence-electron chi connectivity index (χ2n) is 7.44. The van der Waals surface area contributed by atoms with E-state index in [-0.39, 0.29) is 17.3 Å². The van der Waals surface area contributed by atoms with Gasteiger partial charge in [-0.05, 0) is 18.9 Å². The van der Waals surface area contributed by atoms with E-state index in [1.165, 1.54) is 5.56 Å². The van der Waals surface area contributed by atoms with Crippen LogP contribution in [-0.2, 0) is 29.6 Å². The van der Waals surface area contributed by atoms with Gasteiger partial charge < -0.3 is 14.0 Å². The summed E-state index contributed by atoms with van der Waals surface area (Å²) in [6.07, 6.45) is 7.76. The summed E-state index contributed by atoms with van der Waals surface area (Å²) in [6.45, 7) is 4.53. The van der Waals surface area contributed by atoms with Crippen LogP contribution in [0.25, 0.3) is 0 Å². The average Bonchev–Trinajstić information content (AvgIpc) is 3.14. The van der Waals surface area contributed by atoms with Crippen molar-refractivity contribution in [3.05, 3.63) is 52.7 Å². The molecule has 2 unspecified atom stereocenters. The summed E-state index contributed by atoms with van der Waals surface area (Å²) in [4.78, 5) is 14.3. The standard InChI is InChI=1S/C19H26N4O3/c1-21-11-16(10-20-21)12-22-8-9-25-15-19(14-22)6-5-17(26-19)13-23-7-3-2-4-18(23)24/h2-4,7,10-11,17H,5-6,8-9,12-15H2,1H3. The molecule has 26 heavy (non-hydrogen) atoms. The van der Waals surface area contributed by atoms with Gasteiger partial charge in [-0.3, -0.25) is 14.4 Å². The summed E-state index contributed by atoms with van der Waals surface area (Å²) >= 11 is 0. The van der Waals surface area contributed by atoms with Crippen LogP contribution >= 0.6 is 0 Å². The van der Waals surface area contributed by atoms with Crippen LogP contribution < -0.4 is 5.56 Å². The molecule has 0 radical (unpaired) electrons. The van der Waals surface area contributed by atoms with E-state index in [9.17, 15) is 4.79 Å². The molecule has 7 nitrogen and oxygen atoms in total. The molecule has 0 saturated carbocycles. The first-order valence-electron chi connectivity index (χ1n) is 9.23. The zero-order chi connectivity index (χ0) is 18.0. The van der Waals surface area contributed by atoms with E-state index in [4.69, 9.17) is 9.47 Å². The maximum Gasteiger partial charge on any atom is 0.250 e. The molecule has 1 spiro atoms. The topological polar surface area (TPSA) is 61.5 Å². The molecular weight excluding hydrogens is 332 g/mol. The van der Waals surface area contributed by atoms with Crippen molar-refractivity contribution in [3.8, 4) is 0 Å². The van der Waals surface area contributed by atoms with Crippen LogP contribution in [0.5, 0.6) is 0 Å². The Kier molecular flexibility index (Phi) is 4.93. The SMILES string of the molecule is Cn1cc(CN2CCOCC3(CCC(Cn4ccccc4=O)O3)C2)cn1. The number of aryl methyl sites for hydroxylation is 1. The Morgan fingerprint density at radius 1 is 1.38 bits per heavy atom. The van der Waals surface area contributed by atoms with E-state index in [1.807, 2.05) is 30.2 Å². The van der Waals surface area contributed by atoms with Gasteiger partial charge in [0.2, 0.25) is 0 Å². The predicted molar refractivity (Wildman–Crippen MR) is 96.8 cm³/mol. The van der Waals surface area contributed by atoms with Gasteiger partial charge in [0, 0.05) is 50.7 Å². The van der Waals surface area contributed by atoms with Crippen LogP contribution in [0.1, 0.15) is 18.4 Å². The van der Waals surface area contributed by atoms with Crippen molar-refractivity contribution in [2.45, 2.75) is 37.6 Å². The third-order valence-electron chi connectivity index (χ3n) is 5.23. The van der Waals surface area contributed by atoms with E-state index in [0.717, 1.165) is 32.5 Å². The van der Waals surface area contributed by atoms with Crippen molar-refractivity contribution in [3.63, 3.8) is 0 Å². The molecule has 0 bridgehead atoms. The Labute approximate surface area is 153 Å². The van der Waals surface area contributed by atoms with Gasteiger partial charge in [-0.15, -0.1) is 0 Å². The van der Waals surface area contributed by atoms with Crippen LogP contribution in [0, 0.1) is 0 Å². The van der Waals surface area contributed by atoms with Gasteiger partial charge in [-0.2, -0.15) is 5.10 Å². The maximum absolute atomic E-state index is 12.0. The molecule has 0 amide bonds. The Bertz CT molecular complexity index is 802. The summed E-state index contributed by atoms with van der Waals surface area (Å²) in [5.74, 6) is 0. The molecule has 2 saturated heterocycles. The summed E-state index contributed by atoms with van der Waals surface area (Å²) < 4.78 is 15.9. The van der Waals surface area contributed by atoms with Crippen LogP contribution in [-0.4, -0.2) is 57.3 Å². The lowest BCUT2D eigenvalue weighted by atomic mass is 10.00. The monoisotopic (exact) mass is 358 g/mol. The molecular formula is C19H26N4O3. The van der Waals surface area contributed by atoms with Crippen molar-refractivity contribution in [2.24, 2.45) is 7.05 Å². The third-order valence-corrected chi connectivity index (χ3v) is 5.23. The highest BCUT2D eigenvalue weighted by atomic mass is 16.6. The average molecular weight is 358 g/mol. The molecule has 4 heterocycles. The molecule has 140 valence electrons. The number of nitrogens with zero attached hydrogens (tertiary/aromatic N) is 4. The first-order valence-corrected chi connectivity index (χ1v) is 9.23. The van der Waals surface area contributed by atoms with E-state index in [0.29, 0.717) is 19.8 Å². The van der Waals surface area contributed by atoms with Crippen LogP contribution in [0.15, 0.2) is 41.6 Å². The highest BCUT2D eigenvalue weighted by Crippen LogP contribution is 2.34.